The molecule has 0 aliphatic carbocycles. The normalized spacial score (nSPS) is 10.9. The van der Waals surface area contributed by atoms with Gasteiger partial charge >= 0.3 is 0 Å². The molecule has 1 amide bonds. The predicted octanol–water partition coefficient (Wildman–Crippen LogP) is 6.29. The van der Waals surface area contributed by atoms with Crippen molar-refractivity contribution < 1.29 is 9.18 Å². The number of fused-ring (bicyclic) bond motifs is 1. The van der Waals surface area contributed by atoms with E-state index in [1.54, 1.807) is 12.1 Å². The number of nitrogens with zero attached hydrogens (tertiary/aromatic N) is 1. The van der Waals surface area contributed by atoms with Gasteiger partial charge in [0.05, 0.1) is 11.2 Å². The van der Waals surface area contributed by atoms with Gasteiger partial charge < -0.3 is 5.32 Å². The summed E-state index contributed by atoms with van der Waals surface area (Å²) in [6, 6.07) is 29.1. The maximum absolute atomic E-state index is 13.3. The van der Waals surface area contributed by atoms with Crippen LogP contribution in [0, 0.1) is 5.82 Å². The molecule has 0 radical (unpaired) electrons. The van der Waals surface area contributed by atoms with Crippen LogP contribution in [0.25, 0.3) is 33.3 Å². The standard InChI is InChI=1S/C26H18FN3O/c27-19-12-10-18(11-13-19)25-23-16-20(14-15-24(23)29-30-25)28-26(31)22-9-5-4-8-21(22)17-6-2-1-3-7-17/h1-16H,(H,28,31)(H,29,30). The van der Waals surface area contributed by atoms with E-state index in [1.807, 2.05) is 72.8 Å². The first kappa shape index (κ1) is 18.8. The van der Waals surface area contributed by atoms with Gasteiger partial charge in [-0.2, -0.15) is 5.10 Å². The first-order chi connectivity index (χ1) is 15.2. The Balaban J connectivity index is 1.48. The minimum atomic E-state index is -0.298. The van der Waals surface area contributed by atoms with Gasteiger partial charge in [0.2, 0.25) is 0 Å². The maximum Gasteiger partial charge on any atom is 0.256 e. The van der Waals surface area contributed by atoms with Crippen molar-refractivity contribution in [3.63, 3.8) is 0 Å². The van der Waals surface area contributed by atoms with E-state index in [0.717, 1.165) is 27.6 Å². The smallest absolute Gasteiger partial charge is 0.256 e. The van der Waals surface area contributed by atoms with Crippen LogP contribution in [0.2, 0.25) is 0 Å². The zero-order valence-corrected chi connectivity index (χ0v) is 16.5. The van der Waals surface area contributed by atoms with Crippen molar-refractivity contribution in [1.29, 1.82) is 0 Å². The Kier molecular flexibility index (Phi) is 4.77. The van der Waals surface area contributed by atoms with E-state index >= 15 is 0 Å². The Morgan fingerprint density at radius 1 is 0.806 bits per heavy atom. The van der Waals surface area contributed by atoms with E-state index in [9.17, 15) is 9.18 Å². The number of H-pyrrole nitrogens is 1. The summed E-state index contributed by atoms with van der Waals surface area (Å²) in [4.78, 5) is 13.1. The van der Waals surface area contributed by atoms with Crippen LogP contribution in [0.15, 0.2) is 97.1 Å². The molecule has 4 nitrogen and oxygen atoms in total. The topological polar surface area (TPSA) is 57.8 Å². The van der Waals surface area contributed by atoms with E-state index in [0.29, 0.717) is 16.9 Å². The molecule has 31 heavy (non-hydrogen) atoms. The molecule has 5 aromatic rings. The van der Waals surface area contributed by atoms with E-state index < -0.39 is 0 Å². The molecule has 5 heteroatoms. The van der Waals surface area contributed by atoms with E-state index in [-0.39, 0.29) is 11.7 Å². The van der Waals surface area contributed by atoms with E-state index in [4.69, 9.17) is 0 Å². The Morgan fingerprint density at radius 3 is 2.35 bits per heavy atom. The molecule has 0 aliphatic rings. The fraction of sp³-hybridized carbons (Fsp3) is 0. The molecule has 0 unspecified atom stereocenters. The molecule has 2 N–H and O–H groups in total. The molecule has 0 spiro atoms. The Hall–Kier alpha value is -4.25. The van der Waals surface area contributed by atoms with Crippen LogP contribution in [0.3, 0.4) is 0 Å². The quantitative estimate of drug-likeness (QED) is 0.368. The number of aromatic nitrogens is 2. The van der Waals surface area contributed by atoms with Crippen LogP contribution in [0.4, 0.5) is 10.1 Å². The lowest BCUT2D eigenvalue weighted by molar-refractivity contribution is 0.102. The van der Waals surface area contributed by atoms with Crippen LogP contribution >= 0.6 is 0 Å². The van der Waals surface area contributed by atoms with Crippen LogP contribution in [-0.2, 0) is 0 Å². The lowest BCUT2D eigenvalue weighted by atomic mass is 9.99. The fourth-order valence-electron chi connectivity index (χ4n) is 3.67. The minimum absolute atomic E-state index is 0.189. The van der Waals surface area contributed by atoms with Gasteiger partial charge in [0, 0.05) is 22.2 Å². The summed E-state index contributed by atoms with van der Waals surface area (Å²) in [5, 5.41) is 11.2. The van der Waals surface area contributed by atoms with Gasteiger partial charge in [-0.1, -0.05) is 48.5 Å². The monoisotopic (exact) mass is 407 g/mol. The second kappa shape index (κ2) is 7.88. The number of halogens is 1. The van der Waals surface area contributed by atoms with Gasteiger partial charge in [-0.3, -0.25) is 9.89 Å². The lowest BCUT2D eigenvalue weighted by Crippen LogP contribution is -2.13. The Bertz CT molecular complexity index is 1380. The van der Waals surface area contributed by atoms with Gasteiger partial charge in [0.15, 0.2) is 0 Å². The highest BCUT2D eigenvalue weighted by atomic mass is 19.1. The number of aromatic amines is 1. The average molecular weight is 407 g/mol. The summed E-state index contributed by atoms with van der Waals surface area (Å²) in [5.41, 5.74) is 5.45. The summed E-state index contributed by atoms with van der Waals surface area (Å²) >= 11 is 0. The first-order valence-electron chi connectivity index (χ1n) is 9.89. The highest BCUT2D eigenvalue weighted by Crippen LogP contribution is 2.29. The maximum atomic E-state index is 13.3. The molecular weight excluding hydrogens is 389 g/mol. The van der Waals surface area contributed by atoms with E-state index in [2.05, 4.69) is 15.5 Å². The largest absolute Gasteiger partial charge is 0.322 e. The second-order valence-corrected chi connectivity index (χ2v) is 7.21. The predicted molar refractivity (Wildman–Crippen MR) is 121 cm³/mol. The lowest BCUT2D eigenvalue weighted by Gasteiger charge is -2.11. The first-order valence-corrected chi connectivity index (χ1v) is 9.89. The highest BCUT2D eigenvalue weighted by Gasteiger charge is 2.14. The summed E-state index contributed by atoms with van der Waals surface area (Å²) in [7, 11) is 0. The molecule has 150 valence electrons. The number of carbonyl (C=O) groups excluding carboxylic acids is 1. The molecule has 0 saturated heterocycles. The van der Waals surface area contributed by atoms with Gasteiger partial charge in [0.25, 0.3) is 5.91 Å². The number of carbonyl (C=O) groups is 1. The number of benzene rings is 4. The number of rotatable bonds is 4. The summed E-state index contributed by atoms with van der Waals surface area (Å²) in [6.07, 6.45) is 0. The zero-order chi connectivity index (χ0) is 21.2. The van der Waals surface area contributed by atoms with Crippen molar-refractivity contribution in [2.24, 2.45) is 0 Å². The molecule has 0 fully saturated rings. The highest BCUT2D eigenvalue weighted by molar-refractivity contribution is 6.09. The number of nitrogens with one attached hydrogen (secondary N) is 2. The molecule has 0 saturated carbocycles. The molecule has 5 rings (SSSR count). The third-order valence-electron chi connectivity index (χ3n) is 5.19. The minimum Gasteiger partial charge on any atom is -0.322 e. The Morgan fingerprint density at radius 2 is 1.55 bits per heavy atom. The molecule has 1 heterocycles. The molecule has 0 bridgehead atoms. The van der Waals surface area contributed by atoms with Crippen molar-refractivity contribution in [1.82, 2.24) is 10.2 Å². The summed E-state index contributed by atoms with van der Waals surface area (Å²) in [5.74, 6) is -0.487. The van der Waals surface area contributed by atoms with Crippen LogP contribution in [0.1, 0.15) is 10.4 Å². The SMILES string of the molecule is O=C(Nc1ccc2[nH]nc(-c3ccc(F)cc3)c2c1)c1ccccc1-c1ccccc1. The van der Waals surface area contributed by atoms with E-state index in [1.165, 1.54) is 12.1 Å². The van der Waals surface area contributed by atoms with Gasteiger partial charge in [-0.05, 0) is 59.7 Å². The van der Waals surface area contributed by atoms with Crippen LogP contribution in [-0.4, -0.2) is 16.1 Å². The van der Waals surface area contributed by atoms with Gasteiger partial charge in [-0.25, -0.2) is 4.39 Å². The van der Waals surface area contributed by atoms with Gasteiger partial charge in [-0.15, -0.1) is 0 Å². The molecule has 0 aliphatic heterocycles. The van der Waals surface area contributed by atoms with Crippen molar-refractivity contribution in [2.45, 2.75) is 0 Å². The fourth-order valence-corrected chi connectivity index (χ4v) is 3.67. The molecule has 4 aromatic carbocycles. The number of anilines is 1. The average Bonchev–Trinajstić information content (AvgIpc) is 3.23. The van der Waals surface area contributed by atoms with Crippen molar-refractivity contribution >= 4 is 22.5 Å². The second-order valence-electron chi connectivity index (χ2n) is 7.21. The van der Waals surface area contributed by atoms with Crippen molar-refractivity contribution in [3.05, 3.63) is 108 Å². The van der Waals surface area contributed by atoms with Crippen molar-refractivity contribution in [2.75, 3.05) is 5.32 Å². The number of amides is 1. The molecule has 0 atom stereocenters. The zero-order valence-electron chi connectivity index (χ0n) is 16.5. The number of hydrogen-bond acceptors (Lipinski definition) is 2. The molecule has 1 aromatic heterocycles. The summed E-state index contributed by atoms with van der Waals surface area (Å²) in [6.45, 7) is 0. The molecular formula is C26H18FN3O. The summed E-state index contributed by atoms with van der Waals surface area (Å²) < 4.78 is 13.3. The van der Waals surface area contributed by atoms with Crippen LogP contribution in [0.5, 0.6) is 0 Å². The Labute approximate surface area is 178 Å². The third kappa shape index (κ3) is 3.69. The van der Waals surface area contributed by atoms with Crippen molar-refractivity contribution in [3.8, 4) is 22.4 Å². The van der Waals surface area contributed by atoms with Crippen LogP contribution < -0.4 is 5.32 Å². The number of hydrogen-bond donors (Lipinski definition) is 2. The van der Waals surface area contributed by atoms with Gasteiger partial charge in [0.1, 0.15) is 5.82 Å². The third-order valence-corrected chi connectivity index (χ3v) is 5.19.